The minimum Gasteiger partial charge on any atom is -0.324 e. The lowest BCUT2D eigenvalue weighted by atomic mass is 9.80. The van der Waals surface area contributed by atoms with Crippen molar-refractivity contribution in [2.75, 3.05) is 0 Å². The zero-order chi connectivity index (χ0) is 9.10. The van der Waals surface area contributed by atoms with E-state index >= 15 is 0 Å². The van der Waals surface area contributed by atoms with Crippen LogP contribution in [0.2, 0.25) is 0 Å². The lowest BCUT2D eigenvalue weighted by Gasteiger charge is -2.28. The Morgan fingerprint density at radius 3 is 2.62 bits per heavy atom. The first kappa shape index (κ1) is 8.70. The minimum absolute atomic E-state index is 0.216. The second-order valence-corrected chi connectivity index (χ2v) is 3.92. The summed E-state index contributed by atoms with van der Waals surface area (Å²) in [6.07, 6.45) is 8.92. The van der Waals surface area contributed by atoms with Gasteiger partial charge in [-0.05, 0) is 30.0 Å². The third kappa shape index (κ3) is 2.07. The molecular weight excluding hydrogens is 160 g/mol. The SMILES string of the molecule is NC(CC1CCC1)c1ccncc1. The average Bonchev–Trinajstić information content (AvgIpc) is 2.12. The van der Waals surface area contributed by atoms with Gasteiger partial charge in [0, 0.05) is 18.4 Å². The van der Waals surface area contributed by atoms with Gasteiger partial charge in [-0.3, -0.25) is 4.98 Å². The van der Waals surface area contributed by atoms with Crippen molar-refractivity contribution in [3.05, 3.63) is 30.1 Å². The molecule has 1 unspecified atom stereocenters. The van der Waals surface area contributed by atoms with Crippen LogP contribution >= 0.6 is 0 Å². The molecule has 0 bridgehead atoms. The molecule has 1 aliphatic rings. The van der Waals surface area contributed by atoms with Crippen molar-refractivity contribution < 1.29 is 0 Å². The molecule has 0 aromatic carbocycles. The van der Waals surface area contributed by atoms with E-state index in [0.29, 0.717) is 0 Å². The van der Waals surface area contributed by atoms with E-state index in [1.165, 1.54) is 24.8 Å². The van der Waals surface area contributed by atoms with Crippen molar-refractivity contribution in [1.82, 2.24) is 4.98 Å². The molecule has 0 spiro atoms. The summed E-state index contributed by atoms with van der Waals surface area (Å²) >= 11 is 0. The lowest BCUT2D eigenvalue weighted by molar-refractivity contribution is 0.277. The van der Waals surface area contributed by atoms with Crippen LogP contribution in [0.1, 0.15) is 37.3 Å². The number of nitrogens with two attached hydrogens (primary N) is 1. The van der Waals surface area contributed by atoms with Gasteiger partial charge in [0.1, 0.15) is 0 Å². The summed E-state index contributed by atoms with van der Waals surface area (Å²) in [4.78, 5) is 3.99. The summed E-state index contributed by atoms with van der Waals surface area (Å²) in [7, 11) is 0. The first-order chi connectivity index (χ1) is 6.36. The number of pyridine rings is 1. The highest BCUT2D eigenvalue weighted by Gasteiger charge is 2.20. The molecule has 1 aliphatic carbocycles. The van der Waals surface area contributed by atoms with Crippen molar-refractivity contribution in [3.8, 4) is 0 Å². The van der Waals surface area contributed by atoms with Crippen LogP contribution in [0.25, 0.3) is 0 Å². The fraction of sp³-hybridized carbons (Fsp3) is 0.545. The molecule has 2 nitrogen and oxygen atoms in total. The number of aromatic nitrogens is 1. The van der Waals surface area contributed by atoms with E-state index in [4.69, 9.17) is 5.73 Å². The Balaban J connectivity index is 1.92. The van der Waals surface area contributed by atoms with Gasteiger partial charge in [0.25, 0.3) is 0 Å². The number of hydrogen-bond donors (Lipinski definition) is 1. The fourth-order valence-electron chi connectivity index (χ4n) is 1.83. The summed E-state index contributed by atoms with van der Waals surface area (Å²) in [5, 5.41) is 0. The van der Waals surface area contributed by atoms with E-state index in [1.54, 1.807) is 0 Å². The van der Waals surface area contributed by atoms with Crippen LogP contribution in [-0.2, 0) is 0 Å². The average molecular weight is 176 g/mol. The van der Waals surface area contributed by atoms with E-state index in [9.17, 15) is 0 Å². The van der Waals surface area contributed by atoms with Crippen LogP contribution in [-0.4, -0.2) is 4.98 Å². The molecule has 2 heteroatoms. The standard InChI is InChI=1S/C11H16N2/c12-11(8-9-2-1-3-9)10-4-6-13-7-5-10/h4-7,9,11H,1-3,8,12H2. The fourth-order valence-corrected chi connectivity index (χ4v) is 1.83. The molecule has 2 rings (SSSR count). The van der Waals surface area contributed by atoms with Gasteiger partial charge in [-0.15, -0.1) is 0 Å². The molecule has 2 N–H and O–H groups in total. The van der Waals surface area contributed by atoms with Crippen LogP contribution in [0, 0.1) is 5.92 Å². The maximum absolute atomic E-state index is 6.08. The van der Waals surface area contributed by atoms with Crippen molar-refractivity contribution in [2.45, 2.75) is 31.7 Å². The Labute approximate surface area is 79.2 Å². The van der Waals surface area contributed by atoms with Gasteiger partial charge in [0.05, 0.1) is 0 Å². The van der Waals surface area contributed by atoms with E-state index < -0.39 is 0 Å². The Kier molecular flexibility index (Phi) is 2.60. The summed E-state index contributed by atoms with van der Waals surface area (Å²) in [5.41, 5.74) is 7.30. The molecule has 0 amide bonds. The molecule has 0 radical (unpaired) electrons. The van der Waals surface area contributed by atoms with Crippen molar-refractivity contribution in [3.63, 3.8) is 0 Å². The van der Waals surface area contributed by atoms with Gasteiger partial charge in [-0.25, -0.2) is 0 Å². The summed E-state index contributed by atoms with van der Waals surface area (Å²) in [6.45, 7) is 0. The monoisotopic (exact) mass is 176 g/mol. The van der Waals surface area contributed by atoms with E-state index in [-0.39, 0.29) is 6.04 Å². The first-order valence-electron chi connectivity index (χ1n) is 5.02. The summed E-state index contributed by atoms with van der Waals surface area (Å²) in [6, 6.07) is 4.25. The third-order valence-corrected chi connectivity index (χ3v) is 2.95. The number of nitrogens with zero attached hydrogens (tertiary/aromatic N) is 1. The number of rotatable bonds is 3. The Bertz CT molecular complexity index is 254. The van der Waals surface area contributed by atoms with Crippen LogP contribution in [0.15, 0.2) is 24.5 Å². The number of hydrogen-bond acceptors (Lipinski definition) is 2. The molecule has 13 heavy (non-hydrogen) atoms. The minimum atomic E-state index is 0.216. The topological polar surface area (TPSA) is 38.9 Å². The largest absolute Gasteiger partial charge is 0.324 e. The second-order valence-electron chi connectivity index (χ2n) is 3.92. The lowest BCUT2D eigenvalue weighted by Crippen LogP contribution is -2.19. The molecule has 1 fully saturated rings. The third-order valence-electron chi connectivity index (χ3n) is 2.95. The molecule has 70 valence electrons. The van der Waals surface area contributed by atoms with Crippen molar-refractivity contribution in [1.29, 1.82) is 0 Å². The summed E-state index contributed by atoms with van der Waals surface area (Å²) in [5.74, 6) is 0.878. The van der Waals surface area contributed by atoms with Gasteiger partial charge >= 0.3 is 0 Å². The predicted octanol–water partition coefficient (Wildman–Crippen LogP) is 2.27. The smallest absolute Gasteiger partial charge is 0.0298 e. The van der Waals surface area contributed by atoms with Gasteiger partial charge in [0.2, 0.25) is 0 Å². The van der Waals surface area contributed by atoms with Gasteiger partial charge in [0.15, 0.2) is 0 Å². The second kappa shape index (κ2) is 3.88. The Morgan fingerprint density at radius 1 is 1.38 bits per heavy atom. The molecule has 0 aliphatic heterocycles. The van der Waals surface area contributed by atoms with Crippen LogP contribution < -0.4 is 5.73 Å². The predicted molar refractivity (Wildman–Crippen MR) is 53.1 cm³/mol. The van der Waals surface area contributed by atoms with E-state index in [2.05, 4.69) is 4.98 Å². The van der Waals surface area contributed by atoms with E-state index in [1.807, 2.05) is 24.5 Å². The van der Waals surface area contributed by atoms with Gasteiger partial charge in [-0.1, -0.05) is 19.3 Å². The van der Waals surface area contributed by atoms with Crippen molar-refractivity contribution >= 4 is 0 Å². The Morgan fingerprint density at radius 2 is 2.08 bits per heavy atom. The maximum atomic E-state index is 6.08. The molecule has 1 aromatic rings. The molecule has 1 atom stereocenters. The van der Waals surface area contributed by atoms with Crippen LogP contribution in [0.5, 0.6) is 0 Å². The summed E-state index contributed by atoms with van der Waals surface area (Å²) < 4.78 is 0. The maximum Gasteiger partial charge on any atom is 0.0298 e. The van der Waals surface area contributed by atoms with Crippen LogP contribution in [0.4, 0.5) is 0 Å². The highest BCUT2D eigenvalue weighted by Crippen LogP contribution is 2.33. The van der Waals surface area contributed by atoms with E-state index in [0.717, 1.165) is 12.3 Å². The molecule has 1 aromatic heterocycles. The molecular formula is C11H16N2. The zero-order valence-electron chi connectivity index (χ0n) is 7.82. The normalized spacial score (nSPS) is 19.5. The molecule has 0 saturated heterocycles. The first-order valence-corrected chi connectivity index (χ1v) is 5.02. The zero-order valence-corrected chi connectivity index (χ0v) is 7.82. The van der Waals surface area contributed by atoms with Gasteiger partial charge in [-0.2, -0.15) is 0 Å². The van der Waals surface area contributed by atoms with Gasteiger partial charge < -0.3 is 5.73 Å². The molecule has 1 heterocycles. The molecule has 1 saturated carbocycles. The van der Waals surface area contributed by atoms with Crippen LogP contribution in [0.3, 0.4) is 0 Å². The highest BCUT2D eigenvalue weighted by molar-refractivity contribution is 5.14. The quantitative estimate of drug-likeness (QED) is 0.767. The van der Waals surface area contributed by atoms with Crippen molar-refractivity contribution in [2.24, 2.45) is 11.7 Å². The highest BCUT2D eigenvalue weighted by atomic mass is 14.7. The Hall–Kier alpha value is -0.890.